The molecule has 0 bridgehead atoms. The average Bonchev–Trinajstić information content (AvgIpc) is 3.26. The van der Waals surface area contributed by atoms with Gasteiger partial charge in [-0.25, -0.2) is 37.5 Å². The second-order valence-corrected chi connectivity index (χ2v) is 14.2. The summed E-state index contributed by atoms with van der Waals surface area (Å²) in [5, 5.41) is 2.81. The number of hydrogen-bond acceptors (Lipinski definition) is 8. The van der Waals surface area contributed by atoms with Gasteiger partial charge in [0, 0.05) is 52.3 Å². The topological polar surface area (TPSA) is 121 Å². The lowest BCUT2D eigenvalue weighted by molar-refractivity contribution is 0.541. The first-order chi connectivity index (χ1) is 29.2. The fourth-order valence-corrected chi connectivity index (χ4v) is 7.33. The zero-order chi connectivity index (χ0) is 41.1. The van der Waals surface area contributed by atoms with Gasteiger partial charge in [0.1, 0.15) is 35.9 Å². The molecule has 0 unspecified atom stereocenters. The quantitative estimate of drug-likeness (QED) is 0.147. The minimum Gasteiger partial charge on any atom is -0.294 e. The number of pyridine rings is 4. The van der Waals surface area contributed by atoms with E-state index in [-0.39, 0.29) is 45.3 Å². The smallest absolute Gasteiger partial charge is 0.263 e. The first-order valence-electron chi connectivity index (χ1n) is 18.5. The molecule has 0 N–H and O–H groups in total. The largest absolute Gasteiger partial charge is 0.294 e. The lowest BCUT2D eigenvalue weighted by Gasteiger charge is -2.12. The highest BCUT2D eigenvalue weighted by Gasteiger charge is 2.18. The van der Waals surface area contributed by atoms with Gasteiger partial charge >= 0.3 is 0 Å². The van der Waals surface area contributed by atoms with E-state index in [1.54, 1.807) is 73.2 Å². The Bertz CT molecular complexity index is 3470. The molecule has 0 saturated heterocycles. The first-order valence-corrected chi connectivity index (χ1v) is 18.5. The van der Waals surface area contributed by atoms with Crippen molar-refractivity contribution < 1.29 is 17.6 Å². The van der Waals surface area contributed by atoms with Crippen molar-refractivity contribution >= 4 is 43.7 Å². The van der Waals surface area contributed by atoms with Crippen LogP contribution in [0.4, 0.5) is 17.6 Å². The summed E-state index contributed by atoms with van der Waals surface area (Å²) in [6.45, 7) is -0.754. The molecule has 0 amide bonds. The highest BCUT2D eigenvalue weighted by atomic mass is 19.1. The molecular formula is C46H26F4N8O2. The van der Waals surface area contributed by atoms with Gasteiger partial charge in [0.15, 0.2) is 11.3 Å². The molecule has 10 nitrogen and oxygen atoms in total. The molecule has 10 aromatic rings. The summed E-state index contributed by atoms with van der Waals surface area (Å²) >= 11 is 0. The van der Waals surface area contributed by atoms with Gasteiger partial charge in [0.25, 0.3) is 11.1 Å². The van der Waals surface area contributed by atoms with Crippen LogP contribution in [0.2, 0.25) is 0 Å². The van der Waals surface area contributed by atoms with Crippen molar-refractivity contribution in [3.8, 4) is 33.5 Å². The third-order valence-corrected chi connectivity index (χ3v) is 10.5. The minimum absolute atomic E-state index is 0.120. The predicted octanol–water partition coefficient (Wildman–Crippen LogP) is 8.65. The first kappa shape index (κ1) is 36.3. The van der Waals surface area contributed by atoms with Crippen molar-refractivity contribution in [1.82, 2.24) is 39.0 Å². The number of benzene rings is 4. The highest BCUT2D eigenvalue weighted by Crippen LogP contribution is 2.31. The minimum atomic E-state index is -0.828. The summed E-state index contributed by atoms with van der Waals surface area (Å²) in [5.74, 6) is -3.26. The molecule has 0 aliphatic carbocycles. The third-order valence-electron chi connectivity index (χ3n) is 10.5. The monoisotopic (exact) mass is 798 g/mol. The van der Waals surface area contributed by atoms with Gasteiger partial charge in [-0.2, -0.15) is 0 Å². The van der Waals surface area contributed by atoms with Crippen LogP contribution in [-0.2, 0) is 13.1 Å². The van der Waals surface area contributed by atoms with Crippen LogP contribution in [0, 0.1) is 23.3 Å². The average molecular weight is 799 g/mol. The number of halogens is 4. The molecule has 60 heavy (non-hydrogen) atoms. The van der Waals surface area contributed by atoms with Crippen molar-refractivity contribution in [1.29, 1.82) is 0 Å². The molecule has 0 fully saturated rings. The van der Waals surface area contributed by atoms with Crippen molar-refractivity contribution in [3.63, 3.8) is 0 Å². The fourth-order valence-electron chi connectivity index (χ4n) is 7.33. The molecule has 0 saturated carbocycles. The van der Waals surface area contributed by atoms with Crippen molar-refractivity contribution in [2.24, 2.45) is 0 Å². The van der Waals surface area contributed by atoms with Crippen LogP contribution < -0.4 is 11.1 Å². The molecule has 4 aromatic carbocycles. The standard InChI is InChI=1S/C46H26F4N8O2/c47-37-15-29(25-3-4-28-19-51-11-9-27(28)12-25)16-38(48)36(37)22-58-24-55-44-34(46(58)60)6-8-42(56-44)32-14-31-13-26(5-7-41(31)53-20-32)30-17-39(49)35(40(50)18-30)21-57-23-54-43-33(45(57)59)2-1-10-52-43/h1-20,23-24H,21-22H2. The van der Waals surface area contributed by atoms with Crippen LogP contribution >= 0.6 is 0 Å². The molecule has 14 heteroatoms. The van der Waals surface area contributed by atoms with Crippen LogP contribution in [0.3, 0.4) is 0 Å². The molecule has 6 heterocycles. The zero-order valence-electron chi connectivity index (χ0n) is 31.0. The Morgan fingerprint density at radius 2 is 1.08 bits per heavy atom. The van der Waals surface area contributed by atoms with Gasteiger partial charge in [-0.3, -0.25) is 28.7 Å². The van der Waals surface area contributed by atoms with E-state index in [0.717, 1.165) is 19.9 Å². The summed E-state index contributed by atoms with van der Waals surface area (Å²) in [4.78, 5) is 52.2. The van der Waals surface area contributed by atoms with Gasteiger partial charge < -0.3 is 0 Å². The molecule has 10 rings (SSSR count). The maximum Gasteiger partial charge on any atom is 0.263 e. The van der Waals surface area contributed by atoms with E-state index in [1.807, 2.05) is 18.2 Å². The van der Waals surface area contributed by atoms with E-state index in [1.165, 1.54) is 43.1 Å². The zero-order valence-corrected chi connectivity index (χ0v) is 31.0. The van der Waals surface area contributed by atoms with E-state index in [0.29, 0.717) is 38.9 Å². The molecule has 0 atom stereocenters. The Morgan fingerprint density at radius 1 is 0.483 bits per heavy atom. The second kappa shape index (κ2) is 14.4. The third kappa shape index (κ3) is 6.49. The Hall–Kier alpha value is -8.00. The normalized spacial score (nSPS) is 11.6. The summed E-state index contributed by atoms with van der Waals surface area (Å²) in [5.41, 5.74) is 2.21. The highest BCUT2D eigenvalue weighted by molar-refractivity contribution is 5.89. The van der Waals surface area contributed by atoms with Gasteiger partial charge in [-0.05, 0) is 107 Å². The van der Waals surface area contributed by atoms with Crippen LogP contribution in [0.25, 0.3) is 77.3 Å². The van der Waals surface area contributed by atoms with Crippen molar-refractivity contribution in [2.45, 2.75) is 13.1 Å². The Morgan fingerprint density at radius 3 is 1.77 bits per heavy atom. The molecule has 6 aromatic heterocycles. The summed E-state index contributed by atoms with van der Waals surface area (Å²) < 4.78 is 64.1. The molecule has 0 spiro atoms. The number of hydrogen-bond donors (Lipinski definition) is 0. The Balaban J connectivity index is 0.908. The van der Waals surface area contributed by atoms with Crippen LogP contribution in [0.1, 0.15) is 11.1 Å². The maximum atomic E-state index is 15.5. The fraction of sp³-hybridized carbons (Fsp3) is 0.0435. The second-order valence-electron chi connectivity index (χ2n) is 14.2. The molecule has 290 valence electrons. The number of aromatic nitrogens is 8. The van der Waals surface area contributed by atoms with E-state index < -0.39 is 40.9 Å². The Kier molecular flexibility index (Phi) is 8.74. The predicted molar refractivity (Wildman–Crippen MR) is 219 cm³/mol. The Labute approximate surface area is 335 Å². The van der Waals surface area contributed by atoms with E-state index in [9.17, 15) is 9.59 Å². The van der Waals surface area contributed by atoms with Gasteiger partial charge in [-0.15, -0.1) is 0 Å². The van der Waals surface area contributed by atoms with E-state index >= 15 is 17.6 Å². The van der Waals surface area contributed by atoms with Crippen LogP contribution in [-0.4, -0.2) is 39.0 Å². The molecular weight excluding hydrogens is 773 g/mol. The van der Waals surface area contributed by atoms with Crippen molar-refractivity contribution in [2.75, 3.05) is 0 Å². The number of rotatable bonds is 7. The van der Waals surface area contributed by atoms with Crippen LogP contribution in [0.15, 0.2) is 144 Å². The lowest BCUT2D eigenvalue weighted by atomic mass is 10.00. The maximum absolute atomic E-state index is 15.5. The van der Waals surface area contributed by atoms with Gasteiger partial charge in [0.2, 0.25) is 0 Å². The number of nitrogens with zero attached hydrogens (tertiary/aromatic N) is 8. The van der Waals surface area contributed by atoms with E-state index in [4.69, 9.17) is 0 Å². The molecule has 0 aliphatic heterocycles. The van der Waals surface area contributed by atoms with Gasteiger partial charge in [-0.1, -0.05) is 18.2 Å². The van der Waals surface area contributed by atoms with Gasteiger partial charge in [0.05, 0.1) is 35.1 Å². The molecule has 0 aliphatic rings. The number of fused-ring (bicyclic) bond motifs is 4. The molecule has 0 radical (unpaired) electrons. The SMILES string of the molecule is O=c1c2cccnc2ncn1Cc1c(F)cc(-c2ccc3ncc(-c4ccc5c(=O)n(Cc6c(F)cc(-c7ccc8cnccc8c7)cc6F)cnc5n4)cc3c2)cc1F. The van der Waals surface area contributed by atoms with E-state index in [2.05, 4.69) is 29.9 Å². The summed E-state index contributed by atoms with van der Waals surface area (Å²) in [7, 11) is 0. The van der Waals surface area contributed by atoms with Crippen molar-refractivity contribution in [3.05, 3.63) is 190 Å². The lowest BCUT2D eigenvalue weighted by Crippen LogP contribution is -2.22. The van der Waals surface area contributed by atoms with Crippen LogP contribution in [0.5, 0.6) is 0 Å². The summed E-state index contributed by atoms with van der Waals surface area (Å²) in [6.07, 6.45) is 8.88. The summed E-state index contributed by atoms with van der Waals surface area (Å²) in [6, 6.07) is 25.4.